The van der Waals surface area contributed by atoms with Gasteiger partial charge in [-0.2, -0.15) is 0 Å². The van der Waals surface area contributed by atoms with E-state index in [2.05, 4.69) is 26.4 Å². The molecule has 17 heavy (non-hydrogen) atoms. The lowest BCUT2D eigenvalue weighted by Crippen LogP contribution is -2.54. The maximum atomic E-state index is 11.9. The standard InChI is InChI=1S/C11H15BrN2O3/c1-16-6-8-5-9(14-17-8)10(15)13-11(7-12)3-2-4-11/h5H,2-4,6-7H2,1H3,(H,13,15). The maximum Gasteiger partial charge on any atom is 0.273 e. The van der Waals surface area contributed by atoms with E-state index in [1.165, 1.54) is 0 Å². The van der Waals surface area contributed by atoms with Gasteiger partial charge in [-0.3, -0.25) is 4.79 Å². The molecule has 0 radical (unpaired) electrons. The van der Waals surface area contributed by atoms with Gasteiger partial charge in [-0.25, -0.2) is 0 Å². The molecule has 5 nitrogen and oxygen atoms in total. The summed E-state index contributed by atoms with van der Waals surface area (Å²) in [7, 11) is 1.57. The van der Waals surface area contributed by atoms with Crippen LogP contribution in [0.4, 0.5) is 0 Å². The van der Waals surface area contributed by atoms with Gasteiger partial charge in [0.2, 0.25) is 0 Å². The number of amides is 1. The van der Waals surface area contributed by atoms with Crippen molar-refractivity contribution < 1.29 is 14.1 Å². The van der Waals surface area contributed by atoms with Gasteiger partial charge in [-0.15, -0.1) is 0 Å². The average Bonchev–Trinajstić information content (AvgIpc) is 2.72. The third-order valence-electron chi connectivity index (χ3n) is 3.02. The second kappa shape index (κ2) is 5.18. The van der Waals surface area contributed by atoms with Crippen molar-refractivity contribution >= 4 is 21.8 Å². The largest absolute Gasteiger partial charge is 0.377 e. The maximum absolute atomic E-state index is 11.9. The van der Waals surface area contributed by atoms with Crippen LogP contribution in [0.5, 0.6) is 0 Å². The summed E-state index contributed by atoms with van der Waals surface area (Å²) in [6, 6.07) is 1.61. The molecule has 1 aromatic heterocycles. The summed E-state index contributed by atoms with van der Waals surface area (Å²) in [5.41, 5.74) is 0.210. The van der Waals surface area contributed by atoms with Gasteiger partial charge in [0.1, 0.15) is 6.61 Å². The summed E-state index contributed by atoms with van der Waals surface area (Å²) in [5.74, 6) is 0.370. The molecule has 0 bridgehead atoms. The van der Waals surface area contributed by atoms with Crippen LogP contribution in [0.25, 0.3) is 0 Å². The normalized spacial score (nSPS) is 17.5. The number of nitrogens with one attached hydrogen (secondary N) is 1. The van der Waals surface area contributed by atoms with Crippen LogP contribution in [0.2, 0.25) is 0 Å². The Kier molecular flexibility index (Phi) is 3.83. The molecule has 0 saturated heterocycles. The van der Waals surface area contributed by atoms with E-state index >= 15 is 0 Å². The summed E-state index contributed by atoms with van der Waals surface area (Å²) in [4.78, 5) is 11.9. The number of hydrogen-bond donors (Lipinski definition) is 1. The van der Waals surface area contributed by atoms with E-state index in [-0.39, 0.29) is 11.4 Å². The zero-order valence-corrected chi connectivity index (χ0v) is 11.2. The molecule has 0 aromatic carbocycles. The first kappa shape index (κ1) is 12.6. The Morgan fingerprint density at radius 2 is 2.47 bits per heavy atom. The highest BCUT2D eigenvalue weighted by Crippen LogP contribution is 2.33. The fourth-order valence-corrected chi connectivity index (χ4v) is 2.53. The molecule has 1 N–H and O–H groups in total. The predicted octanol–water partition coefficient (Wildman–Crippen LogP) is 1.87. The number of halogens is 1. The lowest BCUT2D eigenvalue weighted by atomic mass is 9.78. The van der Waals surface area contributed by atoms with Crippen molar-refractivity contribution in [3.63, 3.8) is 0 Å². The quantitative estimate of drug-likeness (QED) is 0.843. The van der Waals surface area contributed by atoms with Gasteiger partial charge < -0.3 is 14.6 Å². The Labute approximate surface area is 108 Å². The first-order valence-electron chi connectivity index (χ1n) is 5.52. The third-order valence-corrected chi connectivity index (χ3v) is 4.10. The Morgan fingerprint density at radius 3 is 3.00 bits per heavy atom. The van der Waals surface area contributed by atoms with Gasteiger partial charge in [-0.05, 0) is 19.3 Å². The predicted molar refractivity (Wildman–Crippen MR) is 65.1 cm³/mol. The van der Waals surface area contributed by atoms with E-state index in [0.717, 1.165) is 24.6 Å². The van der Waals surface area contributed by atoms with Crippen LogP contribution < -0.4 is 5.32 Å². The Morgan fingerprint density at radius 1 is 1.71 bits per heavy atom. The van der Waals surface area contributed by atoms with Gasteiger partial charge in [-0.1, -0.05) is 21.1 Å². The number of methoxy groups -OCH3 is 1. The van der Waals surface area contributed by atoms with Gasteiger partial charge in [0.25, 0.3) is 5.91 Å². The summed E-state index contributed by atoms with van der Waals surface area (Å²) in [6.07, 6.45) is 3.17. The minimum atomic E-state index is -0.185. The van der Waals surface area contributed by atoms with Gasteiger partial charge in [0.05, 0.1) is 5.54 Å². The van der Waals surface area contributed by atoms with Gasteiger partial charge >= 0.3 is 0 Å². The fourth-order valence-electron chi connectivity index (χ4n) is 1.83. The second-order valence-electron chi connectivity index (χ2n) is 4.33. The zero-order chi connectivity index (χ0) is 12.3. The monoisotopic (exact) mass is 302 g/mol. The van der Waals surface area contributed by atoms with Crippen molar-refractivity contribution in [2.45, 2.75) is 31.4 Å². The van der Waals surface area contributed by atoms with E-state index in [1.54, 1.807) is 13.2 Å². The van der Waals surface area contributed by atoms with Crippen molar-refractivity contribution in [3.8, 4) is 0 Å². The Hall–Kier alpha value is -0.880. The van der Waals surface area contributed by atoms with E-state index in [1.807, 2.05) is 0 Å². The van der Waals surface area contributed by atoms with Crippen LogP contribution in [0, 0.1) is 0 Å². The summed E-state index contributed by atoms with van der Waals surface area (Å²) < 4.78 is 9.88. The SMILES string of the molecule is COCc1cc(C(=O)NC2(CBr)CCC2)no1. The summed E-state index contributed by atoms with van der Waals surface area (Å²) in [5, 5.41) is 7.50. The number of aromatic nitrogens is 1. The molecule has 1 saturated carbocycles. The lowest BCUT2D eigenvalue weighted by molar-refractivity contribution is 0.0846. The first-order valence-corrected chi connectivity index (χ1v) is 6.64. The topological polar surface area (TPSA) is 64.4 Å². The highest BCUT2D eigenvalue weighted by atomic mass is 79.9. The molecular weight excluding hydrogens is 288 g/mol. The van der Waals surface area contributed by atoms with E-state index < -0.39 is 0 Å². The van der Waals surface area contributed by atoms with E-state index in [9.17, 15) is 4.79 Å². The smallest absolute Gasteiger partial charge is 0.273 e. The molecule has 1 aromatic rings. The summed E-state index contributed by atoms with van der Waals surface area (Å²) >= 11 is 3.44. The van der Waals surface area contributed by atoms with Gasteiger partial charge in [0.15, 0.2) is 11.5 Å². The molecule has 0 spiro atoms. The fraction of sp³-hybridized carbons (Fsp3) is 0.636. The number of alkyl halides is 1. The van der Waals surface area contributed by atoms with Crippen molar-refractivity contribution in [2.24, 2.45) is 0 Å². The molecule has 6 heteroatoms. The second-order valence-corrected chi connectivity index (χ2v) is 4.89. The molecule has 0 atom stereocenters. The zero-order valence-electron chi connectivity index (χ0n) is 9.66. The van der Waals surface area contributed by atoms with Crippen LogP contribution >= 0.6 is 15.9 Å². The Balaban J connectivity index is 1.99. The lowest BCUT2D eigenvalue weighted by Gasteiger charge is -2.40. The molecule has 1 aliphatic rings. The third kappa shape index (κ3) is 2.69. The highest BCUT2D eigenvalue weighted by Gasteiger charge is 2.37. The number of ether oxygens (including phenoxy) is 1. The first-order chi connectivity index (χ1) is 8.19. The van der Waals surface area contributed by atoms with E-state index in [0.29, 0.717) is 18.1 Å². The minimum absolute atomic E-state index is 0.0997. The molecular formula is C11H15BrN2O3. The molecule has 1 amide bonds. The van der Waals surface area contributed by atoms with Crippen LogP contribution in [-0.4, -0.2) is 29.0 Å². The van der Waals surface area contributed by atoms with Crippen LogP contribution in [0.15, 0.2) is 10.6 Å². The highest BCUT2D eigenvalue weighted by molar-refractivity contribution is 9.09. The number of nitrogens with zero attached hydrogens (tertiary/aromatic N) is 1. The molecule has 1 fully saturated rings. The van der Waals surface area contributed by atoms with Crippen LogP contribution in [0.3, 0.4) is 0 Å². The number of carbonyl (C=O) groups is 1. The minimum Gasteiger partial charge on any atom is -0.377 e. The number of rotatable bonds is 5. The van der Waals surface area contributed by atoms with Crippen molar-refractivity contribution in [3.05, 3.63) is 17.5 Å². The van der Waals surface area contributed by atoms with Crippen molar-refractivity contribution in [2.75, 3.05) is 12.4 Å². The van der Waals surface area contributed by atoms with Crippen LogP contribution in [0.1, 0.15) is 35.5 Å². The summed E-state index contributed by atoms with van der Waals surface area (Å²) in [6.45, 7) is 0.323. The number of hydrogen-bond acceptors (Lipinski definition) is 4. The van der Waals surface area contributed by atoms with Crippen molar-refractivity contribution in [1.29, 1.82) is 0 Å². The Bertz CT molecular complexity index is 396. The van der Waals surface area contributed by atoms with E-state index in [4.69, 9.17) is 9.26 Å². The molecule has 94 valence electrons. The molecule has 1 aliphatic carbocycles. The molecule has 1 heterocycles. The average molecular weight is 303 g/mol. The molecule has 0 unspecified atom stereocenters. The van der Waals surface area contributed by atoms with Gasteiger partial charge in [0, 0.05) is 18.5 Å². The number of carbonyl (C=O) groups excluding carboxylic acids is 1. The molecule has 2 rings (SSSR count). The van der Waals surface area contributed by atoms with Crippen molar-refractivity contribution in [1.82, 2.24) is 10.5 Å². The van der Waals surface area contributed by atoms with Crippen LogP contribution in [-0.2, 0) is 11.3 Å². The molecule has 0 aliphatic heterocycles.